The molecule has 0 aliphatic heterocycles. The van der Waals surface area contributed by atoms with Crippen molar-refractivity contribution >= 4 is 0 Å². The SMILES string of the molecule is CCCNCC(CC)n1cccn1. The molecule has 1 aromatic rings. The molecule has 1 heterocycles. The fraction of sp³-hybridized carbons (Fsp3) is 0.700. The summed E-state index contributed by atoms with van der Waals surface area (Å²) in [6.07, 6.45) is 6.18. The number of hydrogen-bond acceptors (Lipinski definition) is 2. The van der Waals surface area contributed by atoms with Crippen molar-refractivity contribution in [3.8, 4) is 0 Å². The molecule has 1 atom stereocenters. The molecule has 0 aliphatic rings. The highest BCUT2D eigenvalue weighted by Gasteiger charge is 2.06. The highest BCUT2D eigenvalue weighted by Crippen LogP contribution is 2.07. The van der Waals surface area contributed by atoms with Crippen LogP contribution in [0.15, 0.2) is 18.5 Å². The maximum Gasteiger partial charge on any atom is 0.0640 e. The molecular weight excluding hydrogens is 162 g/mol. The largest absolute Gasteiger partial charge is 0.315 e. The molecule has 3 heteroatoms. The maximum atomic E-state index is 4.24. The number of rotatable bonds is 6. The first-order chi connectivity index (χ1) is 6.38. The smallest absolute Gasteiger partial charge is 0.0640 e. The monoisotopic (exact) mass is 181 g/mol. The lowest BCUT2D eigenvalue weighted by molar-refractivity contribution is 0.412. The summed E-state index contributed by atoms with van der Waals surface area (Å²) >= 11 is 0. The summed E-state index contributed by atoms with van der Waals surface area (Å²) in [6, 6.07) is 2.48. The summed E-state index contributed by atoms with van der Waals surface area (Å²) < 4.78 is 2.03. The van der Waals surface area contributed by atoms with Gasteiger partial charge >= 0.3 is 0 Å². The van der Waals surface area contributed by atoms with Crippen LogP contribution >= 0.6 is 0 Å². The fourth-order valence-corrected chi connectivity index (χ4v) is 1.37. The van der Waals surface area contributed by atoms with E-state index < -0.39 is 0 Å². The van der Waals surface area contributed by atoms with E-state index in [0.29, 0.717) is 6.04 Å². The lowest BCUT2D eigenvalue weighted by atomic mass is 10.2. The molecule has 0 amide bonds. The number of nitrogens with zero attached hydrogens (tertiary/aromatic N) is 2. The number of hydrogen-bond donors (Lipinski definition) is 1. The van der Waals surface area contributed by atoms with Crippen molar-refractivity contribution in [2.45, 2.75) is 32.7 Å². The molecule has 1 N–H and O–H groups in total. The molecule has 74 valence electrons. The summed E-state index contributed by atoms with van der Waals surface area (Å²) in [6.45, 7) is 6.49. The Bertz CT molecular complexity index is 206. The number of aromatic nitrogens is 2. The molecule has 0 saturated heterocycles. The Kier molecular flexibility index (Phi) is 4.54. The molecule has 0 aliphatic carbocycles. The first-order valence-electron chi connectivity index (χ1n) is 5.08. The Hall–Kier alpha value is -0.830. The van der Waals surface area contributed by atoms with Gasteiger partial charge in [0.2, 0.25) is 0 Å². The third-order valence-corrected chi connectivity index (χ3v) is 2.18. The van der Waals surface area contributed by atoms with Crippen LogP contribution in [0, 0.1) is 0 Å². The average molecular weight is 181 g/mol. The second-order valence-electron chi connectivity index (χ2n) is 3.25. The molecule has 0 spiro atoms. The summed E-state index contributed by atoms with van der Waals surface area (Å²) in [5, 5.41) is 7.66. The molecule has 1 aromatic heterocycles. The predicted octanol–water partition coefficient (Wildman–Crippen LogP) is 1.83. The van der Waals surface area contributed by atoms with Gasteiger partial charge < -0.3 is 5.32 Å². The minimum Gasteiger partial charge on any atom is -0.315 e. The highest BCUT2D eigenvalue weighted by atomic mass is 15.3. The second-order valence-corrected chi connectivity index (χ2v) is 3.25. The van der Waals surface area contributed by atoms with Crippen molar-refractivity contribution in [1.82, 2.24) is 15.1 Å². The van der Waals surface area contributed by atoms with Gasteiger partial charge in [0, 0.05) is 18.9 Å². The van der Waals surface area contributed by atoms with Gasteiger partial charge in [0.1, 0.15) is 0 Å². The quantitative estimate of drug-likeness (QED) is 0.679. The standard InChI is InChI=1S/C10H19N3/c1-3-6-11-9-10(4-2)13-8-5-7-12-13/h5,7-8,10-11H,3-4,6,9H2,1-2H3. The zero-order valence-corrected chi connectivity index (χ0v) is 8.53. The molecule has 1 rings (SSSR count). The van der Waals surface area contributed by atoms with Crippen molar-refractivity contribution in [3.63, 3.8) is 0 Å². The third kappa shape index (κ3) is 3.19. The van der Waals surface area contributed by atoms with Gasteiger partial charge in [0.05, 0.1) is 6.04 Å². The van der Waals surface area contributed by atoms with Gasteiger partial charge in [-0.2, -0.15) is 5.10 Å². The van der Waals surface area contributed by atoms with Crippen LogP contribution in [0.25, 0.3) is 0 Å². The normalized spacial score (nSPS) is 13.1. The van der Waals surface area contributed by atoms with E-state index in [4.69, 9.17) is 0 Å². The summed E-state index contributed by atoms with van der Waals surface area (Å²) in [7, 11) is 0. The summed E-state index contributed by atoms with van der Waals surface area (Å²) in [4.78, 5) is 0. The average Bonchev–Trinajstić information content (AvgIpc) is 2.65. The molecule has 0 bridgehead atoms. The topological polar surface area (TPSA) is 29.9 Å². The molecule has 13 heavy (non-hydrogen) atoms. The van der Waals surface area contributed by atoms with Gasteiger partial charge in [0.25, 0.3) is 0 Å². The van der Waals surface area contributed by atoms with Gasteiger partial charge in [0.15, 0.2) is 0 Å². The van der Waals surface area contributed by atoms with Crippen LogP contribution in [-0.4, -0.2) is 22.9 Å². The Balaban J connectivity index is 2.35. The molecule has 3 nitrogen and oxygen atoms in total. The second kappa shape index (κ2) is 5.75. The van der Waals surface area contributed by atoms with Crippen molar-refractivity contribution in [3.05, 3.63) is 18.5 Å². The molecule has 1 unspecified atom stereocenters. The van der Waals surface area contributed by atoms with Crippen LogP contribution in [-0.2, 0) is 0 Å². The third-order valence-electron chi connectivity index (χ3n) is 2.18. The van der Waals surface area contributed by atoms with Gasteiger partial charge in [-0.05, 0) is 25.5 Å². The van der Waals surface area contributed by atoms with Gasteiger partial charge in [-0.15, -0.1) is 0 Å². The summed E-state index contributed by atoms with van der Waals surface area (Å²) in [5.74, 6) is 0. The molecule has 0 aromatic carbocycles. The van der Waals surface area contributed by atoms with E-state index in [1.54, 1.807) is 0 Å². The van der Waals surface area contributed by atoms with E-state index >= 15 is 0 Å². The zero-order valence-electron chi connectivity index (χ0n) is 8.53. The zero-order chi connectivity index (χ0) is 9.52. The van der Waals surface area contributed by atoms with Crippen LogP contribution in [0.5, 0.6) is 0 Å². The molecule has 0 radical (unpaired) electrons. The van der Waals surface area contributed by atoms with E-state index in [-0.39, 0.29) is 0 Å². The Morgan fingerprint density at radius 1 is 1.46 bits per heavy atom. The van der Waals surface area contributed by atoms with Crippen LogP contribution < -0.4 is 5.32 Å². The molecule has 0 saturated carbocycles. The van der Waals surface area contributed by atoms with E-state index in [1.165, 1.54) is 6.42 Å². The predicted molar refractivity (Wildman–Crippen MR) is 54.7 cm³/mol. The van der Waals surface area contributed by atoms with Crippen LogP contribution in [0.2, 0.25) is 0 Å². The van der Waals surface area contributed by atoms with E-state index in [9.17, 15) is 0 Å². The van der Waals surface area contributed by atoms with Gasteiger partial charge in [-0.3, -0.25) is 4.68 Å². The van der Waals surface area contributed by atoms with Gasteiger partial charge in [-0.25, -0.2) is 0 Å². The van der Waals surface area contributed by atoms with Crippen molar-refractivity contribution in [2.24, 2.45) is 0 Å². The molecule has 0 fully saturated rings. The van der Waals surface area contributed by atoms with E-state index in [0.717, 1.165) is 19.5 Å². The molecular formula is C10H19N3. The minimum absolute atomic E-state index is 0.501. The summed E-state index contributed by atoms with van der Waals surface area (Å²) in [5.41, 5.74) is 0. The van der Waals surface area contributed by atoms with E-state index in [2.05, 4.69) is 24.3 Å². The maximum absolute atomic E-state index is 4.24. The lowest BCUT2D eigenvalue weighted by Gasteiger charge is -2.15. The van der Waals surface area contributed by atoms with Crippen molar-refractivity contribution in [1.29, 1.82) is 0 Å². The number of nitrogens with one attached hydrogen (secondary N) is 1. The Morgan fingerprint density at radius 2 is 2.31 bits per heavy atom. The van der Waals surface area contributed by atoms with Crippen molar-refractivity contribution in [2.75, 3.05) is 13.1 Å². The van der Waals surface area contributed by atoms with E-state index in [1.807, 2.05) is 23.1 Å². The highest BCUT2D eigenvalue weighted by molar-refractivity contribution is 4.81. The first kappa shape index (κ1) is 10.3. The Morgan fingerprint density at radius 3 is 2.85 bits per heavy atom. The van der Waals surface area contributed by atoms with Crippen LogP contribution in [0.1, 0.15) is 32.7 Å². The fourth-order valence-electron chi connectivity index (χ4n) is 1.37. The van der Waals surface area contributed by atoms with Crippen molar-refractivity contribution < 1.29 is 0 Å². The Labute approximate surface area is 80.1 Å². The van der Waals surface area contributed by atoms with Crippen LogP contribution in [0.3, 0.4) is 0 Å². The lowest BCUT2D eigenvalue weighted by Crippen LogP contribution is -2.25. The van der Waals surface area contributed by atoms with Crippen LogP contribution in [0.4, 0.5) is 0 Å². The first-order valence-corrected chi connectivity index (χ1v) is 5.08. The minimum atomic E-state index is 0.501. The van der Waals surface area contributed by atoms with Gasteiger partial charge in [-0.1, -0.05) is 13.8 Å².